The van der Waals surface area contributed by atoms with E-state index < -0.39 is 0 Å². The Balaban J connectivity index is 2.07. The number of aromatic nitrogens is 2. The lowest BCUT2D eigenvalue weighted by molar-refractivity contribution is 0.376. The summed E-state index contributed by atoms with van der Waals surface area (Å²) in [6.45, 7) is 0. The highest BCUT2D eigenvalue weighted by Gasteiger charge is 2.18. The van der Waals surface area contributed by atoms with Crippen LogP contribution in [0.15, 0.2) is 16.6 Å². The van der Waals surface area contributed by atoms with E-state index in [0.29, 0.717) is 15.3 Å². The summed E-state index contributed by atoms with van der Waals surface area (Å²) in [4.78, 5) is 3.15. The van der Waals surface area contributed by atoms with Crippen LogP contribution in [-0.4, -0.2) is 9.55 Å². The number of nitrogens with one attached hydrogen (secondary N) is 1. The van der Waals surface area contributed by atoms with E-state index in [0.717, 1.165) is 23.9 Å². The van der Waals surface area contributed by atoms with E-state index in [1.807, 2.05) is 6.07 Å². The summed E-state index contributed by atoms with van der Waals surface area (Å²) in [5.41, 5.74) is 1.80. The van der Waals surface area contributed by atoms with Gasteiger partial charge in [0, 0.05) is 12.1 Å². The Hall–Kier alpha value is -0.680. The van der Waals surface area contributed by atoms with Crippen LogP contribution in [0.5, 0.6) is 0 Å². The van der Waals surface area contributed by atoms with Crippen molar-refractivity contribution in [3.05, 3.63) is 27.2 Å². The highest BCUT2D eigenvalue weighted by molar-refractivity contribution is 9.10. The number of halogens is 2. The van der Waals surface area contributed by atoms with Gasteiger partial charge in [-0.15, -0.1) is 0 Å². The first-order valence-corrected chi connectivity index (χ1v) is 8.46. The predicted octanol–water partition coefficient (Wildman–Crippen LogP) is 5.89. The Kier molecular flexibility index (Phi) is 4.26. The van der Waals surface area contributed by atoms with Crippen LogP contribution in [0.2, 0.25) is 0 Å². The van der Waals surface area contributed by atoms with Crippen molar-refractivity contribution in [3.63, 3.8) is 0 Å². The number of H-pyrrole nitrogens is 1. The normalized spacial score (nSPS) is 18.1. The second kappa shape index (κ2) is 5.98. The summed E-state index contributed by atoms with van der Waals surface area (Å²) in [5.74, 6) is -0.251. The Morgan fingerprint density at radius 2 is 1.80 bits per heavy atom. The van der Waals surface area contributed by atoms with E-state index >= 15 is 0 Å². The van der Waals surface area contributed by atoms with Crippen molar-refractivity contribution in [1.29, 1.82) is 0 Å². The average Bonchev–Trinajstić information content (AvgIpc) is 2.66. The van der Waals surface area contributed by atoms with Crippen LogP contribution in [0.3, 0.4) is 0 Å². The van der Waals surface area contributed by atoms with Gasteiger partial charge in [-0.05, 0) is 47.1 Å². The molecule has 1 fully saturated rings. The molecule has 0 radical (unpaired) electrons. The summed E-state index contributed by atoms with van der Waals surface area (Å²) < 4.78 is 17.0. The first-order valence-electron chi connectivity index (χ1n) is 7.26. The smallest absolute Gasteiger partial charge is 0.178 e. The standard InChI is InChI=1S/C15H18BrFN2S/c16-11-8-14-13(9-12(11)17)18-15(20)19(14)10-6-4-2-1-3-5-7-10/h8-10H,1-7H2,(H,18,20). The Morgan fingerprint density at radius 1 is 1.15 bits per heavy atom. The zero-order valence-corrected chi connectivity index (χ0v) is 13.7. The molecule has 1 heterocycles. The molecule has 1 aromatic heterocycles. The molecule has 0 aliphatic heterocycles. The van der Waals surface area contributed by atoms with Gasteiger partial charge >= 0.3 is 0 Å². The molecular weight excluding hydrogens is 339 g/mol. The molecule has 1 N–H and O–H groups in total. The van der Waals surface area contributed by atoms with E-state index in [1.54, 1.807) is 0 Å². The molecule has 2 aromatic rings. The van der Waals surface area contributed by atoms with Crippen molar-refractivity contribution < 1.29 is 4.39 Å². The van der Waals surface area contributed by atoms with Crippen LogP contribution in [0.4, 0.5) is 4.39 Å². The fraction of sp³-hybridized carbons (Fsp3) is 0.533. The molecule has 0 amide bonds. The van der Waals surface area contributed by atoms with Crippen molar-refractivity contribution in [2.24, 2.45) is 0 Å². The Morgan fingerprint density at radius 3 is 2.50 bits per heavy atom. The predicted molar refractivity (Wildman–Crippen MR) is 86.1 cm³/mol. The van der Waals surface area contributed by atoms with Crippen molar-refractivity contribution in [2.45, 2.75) is 51.0 Å². The van der Waals surface area contributed by atoms with Gasteiger partial charge in [0.2, 0.25) is 0 Å². The molecule has 3 rings (SSSR count). The third-order valence-corrected chi connectivity index (χ3v) is 5.10. The zero-order chi connectivity index (χ0) is 14.1. The fourth-order valence-electron chi connectivity index (χ4n) is 3.18. The second-order valence-electron chi connectivity index (χ2n) is 5.58. The lowest BCUT2D eigenvalue weighted by Crippen LogP contribution is -2.11. The minimum absolute atomic E-state index is 0.251. The molecule has 20 heavy (non-hydrogen) atoms. The number of hydrogen-bond donors (Lipinski definition) is 1. The van der Waals surface area contributed by atoms with E-state index in [-0.39, 0.29) is 5.82 Å². The van der Waals surface area contributed by atoms with Crippen LogP contribution < -0.4 is 0 Å². The van der Waals surface area contributed by atoms with Crippen molar-refractivity contribution >= 4 is 39.2 Å². The number of fused-ring (bicyclic) bond motifs is 1. The summed E-state index contributed by atoms with van der Waals surface area (Å²) in [5, 5.41) is 0. The molecule has 1 saturated carbocycles. The molecule has 0 atom stereocenters. The number of hydrogen-bond acceptors (Lipinski definition) is 1. The number of benzene rings is 1. The Labute approximate surface area is 131 Å². The van der Waals surface area contributed by atoms with Crippen LogP contribution in [0, 0.1) is 10.6 Å². The van der Waals surface area contributed by atoms with Gasteiger partial charge in [0.1, 0.15) is 5.82 Å². The van der Waals surface area contributed by atoms with Crippen molar-refractivity contribution in [2.75, 3.05) is 0 Å². The molecule has 108 valence electrons. The molecule has 1 aliphatic rings. The van der Waals surface area contributed by atoms with Crippen LogP contribution in [0.1, 0.15) is 51.0 Å². The van der Waals surface area contributed by atoms with Crippen LogP contribution >= 0.6 is 28.1 Å². The van der Waals surface area contributed by atoms with Crippen molar-refractivity contribution in [3.8, 4) is 0 Å². The van der Waals surface area contributed by atoms with Crippen LogP contribution in [-0.2, 0) is 0 Å². The van der Waals surface area contributed by atoms with Gasteiger partial charge in [0.05, 0.1) is 15.5 Å². The third kappa shape index (κ3) is 2.70. The van der Waals surface area contributed by atoms with E-state index in [1.165, 1.54) is 38.2 Å². The average molecular weight is 357 g/mol. The lowest BCUT2D eigenvalue weighted by Gasteiger charge is -2.22. The molecule has 2 nitrogen and oxygen atoms in total. The number of nitrogens with zero attached hydrogens (tertiary/aromatic N) is 1. The number of imidazole rings is 1. The first-order chi connectivity index (χ1) is 9.66. The second-order valence-corrected chi connectivity index (χ2v) is 6.82. The maximum Gasteiger partial charge on any atom is 0.178 e. The molecule has 1 aliphatic carbocycles. The molecule has 5 heteroatoms. The van der Waals surface area contributed by atoms with Crippen molar-refractivity contribution in [1.82, 2.24) is 9.55 Å². The molecule has 0 unspecified atom stereocenters. The summed E-state index contributed by atoms with van der Waals surface area (Å²) in [6.07, 6.45) is 8.80. The topological polar surface area (TPSA) is 20.7 Å². The van der Waals surface area contributed by atoms with Gasteiger partial charge in [-0.3, -0.25) is 0 Å². The molecule has 1 aromatic carbocycles. The maximum atomic E-state index is 13.6. The largest absolute Gasteiger partial charge is 0.330 e. The molecule has 0 bridgehead atoms. The maximum absolute atomic E-state index is 13.6. The van der Waals surface area contributed by atoms with Gasteiger partial charge in [-0.2, -0.15) is 0 Å². The summed E-state index contributed by atoms with van der Waals surface area (Å²) in [6, 6.07) is 3.80. The first kappa shape index (κ1) is 14.3. The SMILES string of the molecule is Fc1cc2[nH]c(=S)n(C3CCCCCCC3)c2cc1Br. The molecule has 0 spiro atoms. The highest BCUT2D eigenvalue weighted by atomic mass is 79.9. The van der Waals surface area contributed by atoms with Crippen LogP contribution in [0.25, 0.3) is 11.0 Å². The summed E-state index contributed by atoms with van der Waals surface area (Å²) in [7, 11) is 0. The number of aromatic amines is 1. The van der Waals surface area contributed by atoms with E-state index in [9.17, 15) is 4.39 Å². The lowest BCUT2D eigenvalue weighted by atomic mass is 9.96. The van der Waals surface area contributed by atoms with Gasteiger partial charge in [0.25, 0.3) is 0 Å². The molecule has 0 saturated heterocycles. The molecular formula is C15H18BrFN2S. The minimum Gasteiger partial charge on any atom is -0.330 e. The minimum atomic E-state index is -0.251. The third-order valence-electron chi connectivity index (χ3n) is 4.20. The quantitative estimate of drug-likeness (QED) is 0.632. The summed E-state index contributed by atoms with van der Waals surface area (Å²) >= 11 is 8.74. The Bertz CT molecular complexity index is 668. The fourth-order valence-corrected chi connectivity index (χ4v) is 3.86. The monoisotopic (exact) mass is 356 g/mol. The number of rotatable bonds is 1. The van der Waals surface area contributed by atoms with Gasteiger partial charge < -0.3 is 9.55 Å². The van der Waals surface area contributed by atoms with E-state index in [4.69, 9.17) is 12.2 Å². The van der Waals surface area contributed by atoms with Gasteiger partial charge in [0.15, 0.2) is 4.77 Å². The van der Waals surface area contributed by atoms with Gasteiger partial charge in [-0.1, -0.05) is 32.1 Å². The van der Waals surface area contributed by atoms with E-state index in [2.05, 4.69) is 25.5 Å². The van der Waals surface area contributed by atoms with Gasteiger partial charge in [-0.25, -0.2) is 4.39 Å². The highest BCUT2D eigenvalue weighted by Crippen LogP contribution is 2.31. The zero-order valence-electron chi connectivity index (χ0n) is 11.3.